The zero-order valence-electron chi connectivity index (χ0n) is 12.5. The average molecular weight is 320 g/mol. The van der Waals surface area contributed by atoms with Crippen LogP contribution in [-0.4, -0.2) is 24.3 Å². The second-order valence-corrected chi connectivity index (χ2v) is 4.95. The molecule has 2 aromatic rings. The van der Waals surface area contributed by atoms with Crippen LogP contribution in [0.2, 0.25) is 0 Å². The van der Waals surface area contributed by atoms with Crippen molar-refractivity contribution >= 4 is 11.7 Å². The molecule has 0 bridgehead atoms. The summed E-state index contributed by atoms with van der Waals surface area (Å²) in [4.78, 5) is 11.9. The van der Waals surface area contributed by atoms with Crippen molar-refractivity contribution in [1.29, 1.82) is 0 Å². The molecule has 0 saturated heterocycles. The number of hydrogen-bond acceptors (Lipinski definition) is 2. The van der Waals surface area contributed by atoms with Crippen molar-refractivity contribution in [3.8, 4) is 11.1 Å². The van der Waals surface area contributed by atoms with Gasteiger partial charge >= 0.3 is 6.03 Å². The normalized spacial score (nSPS) is 10.4. The number of urea groups is 1. The topological polar surface area (TPSA) is 61.4 Å². The van der Waals surface area contributed by atoms with Gasteiger partial charge in [0, 0.05) is 18.7 Å². The lowest BCUT2D eigenvalue weighted by molar-refractivity contribution is 0.250. The van der Waals surface area contributed by atoms with Crippen molar-refractivity contribution in [2.24, 2.45) is 0 Å². The van der Waals surface area contributed by atoms with E-state index in [1.807, 2.05) is 0 Å². The van der Waals surface area contributed by atoms with Gasteiger partial charge in [0.05, 0.1) is 11.3 Å². The van der Waals surface area contributed by atoms with E-state index in [0.717, 1.165) is 0 Å². The third kappa shape index (κ3) is 4.50. The number of amides is 2. The number of anilines is 1. The predicted octanol–water partition coefficient (Wildman–Crippen LogP) is 3.53. The van der Waals surface area contributed by atoms with Crippen LogP contribution < -0.4 is 10.6 Å². The first kappa shape index (κ1) is 16.9. The van der Waals surface area contributed by atoms with Gasteiger partial charge in [-0.15, -0.1) is 0 Å². The number of unbranched alkanes of at least 4 members (excludes halogenated alkanes) is 1. The Hall–Kier alpha value is -2.47. The minimum Gasteiger partial charge on any atom is -0.396 e. The van der Waals surface area contributed by atoms with Crippen molar-refractivity contribution in [3.05, 3.63) is 54.1 Å². The van der Waals surface area contributed by atoms with Crippen LogP contribution in [0.1, 0.15) is 12.8 Å². The van der Waals surface area contributed by atoms with E-state index in [0.29, 0.717) is 25.1 Å². The fraction of sp³-hybridized carbons (Fsp3) is 0.235. The number of nitrogens with one attached hydrogen (secondary N) is 2. The summed E-state index contributed by atoms with van der Waals surface area (Å²) < 4.78 is 27.9. The smallest absolute Gasteiger partial charge is 0.319 e. The molecular formula is C17H18F2N2O2. The third-order valence-electron chi connectivity index (χ3n) is 3.28. The van der Waals surface area contributed by atoms with E-state index in [9.17, 15) is 13.6 Å². The minimum absolute atomic E-state index is 0.0681. The summed E-state index contributed by atoms with van der Waals surface area (Å²) in [6.07, 6.45) is 1.24. The van der Waals surface area contributed by atoms with Gasteiger partial charge in [0.2, 0.25) is 0 Å². The molecule has 0 aliphatic heterocycles. The largest absolute Gasteiger partial charge is 0.396 e. The fourth-order valence-electron chi connectivity index (χ4n) is 2.17. The molecule has 2 amide bonds. The zero-order valence-corrected chi connectivity index (χ0v) is 12.5. The molecule has 0 spiro atoms. The molecule has 0 aliphatic rings. The highest BCUT2D eigenvalue weighted by atomic mass is 19.1. The maximum Gasteiger partial charge on any atom is 0.319 e. The summed E-state index contributed by atoms with van der Waals surface area (Å²) >= 11 is 0. The van der Waals surface area contributed by atoms with Crippen molar-refractivity contribution < 1.29 is 18.7 Å². The minimum atomic E-state index is -0.692. The lowest BCUT2D eigenvalue weighted by atomic mass is 10.0. The van der Waals surface area contributed by atoms with Crippen LogP contribution in [0.3, 0.4) is 0 Å². The number of benzene rings is 2. The number of rotatable bonds is 6. The molecule has 6 heteroatoms. The number of carbonyl (C=O) groups excluding carboxylic acids is 1. The Morgan fingerprint density at radius 1 is 1.00 bits per heavy atom. The summed E-state index contributed by atoms with van der Waals surface area (Å²) in [5, 5.41) is 13.9. The van der Waals surface area contributed by atoms with Crippen molar-refractivity contribution in [2.45, 2.75) is 12.8 Å². The molecule has 0 aromatic heterocycles. The van der Waals surface area contributed by atoms with E-state index in [2.05, 4.69) is 10.6 Å². The fourth-order valence-corrected chi connectivity index (χ4v) is 2.17. The lowest BCUT2D eigenvalue weighted by Gasteiger charge is -2.13. The van der Waals surface area contributed by atoms with Gasteiger partial charge in [0.1, 0.15) is 11.6 Å². The molecule has 0 fully saturated rings. The lowest BCUT2D eigenvalue weighted by Crippen LogP contribution is -2.29. The molecule has 2 aromatic carbocycles. The Bertz CT molecular complexity index is 657. The van der Waals surface area contributed by atoms with Gasteiger partial charge in [0.15, 0.2) is 0 Å². The molecular weight excluding hydrogens is 302 g/mol. The number of carbonyl (C=O) groups is 1. The SMILES string of the molecule is O=C(NCCCCO)Nc1ccccc1-c1c(F)cccc1F. The van der Waals surface area contributed by atoms with Crippen LogP contribution in [0.4, 0.5) is 19.3 Å². The van der Waals surface area contributed by atoms with Gasteiger partial charge in [-0.3, -0.25) is 0 Å². The van der Waals surface area contributed by atoms with Gasteiger partial charge in [-0.1, -0.05) is 24.3 Å². The van der Waals surface area contributed by atoms with E-state index in [4.69, 9.17) is 5.11 Å². The second kappa shape index (κ2) is 8.24. The maximum atomic E-state index is 13.9. The predicted molar refractivity (Wildman–Crippen MR) is 85.1 cm³/mol. The maximum absolute atomic E-state index is 13.9. The number of para-hydroxylation sites is 1. The quantitative estimate of drug-likeness (QED) is 0.713. The summed E-state index contributed by atoms with van der Waals surface area (Å²) in [6.45, 7) is 0.474. The molecule has 0 atom stereocenters. The molecule has 2 rings (SSSR count). The van der Waals surface area contributed by atoms with Crippen molar-refractivity contribution in [3.63, 3.8) is 0 Å². The first-order valence-corrected chi connectivity index (χ1v) is 7.32. The number of aliphatic hydroxyl groups is 1. The Labute approximate surface area is 133 Å². The van der Waals surface area contributed by atoms with E-state index in [-0.39, 0.29) is 17.7 Å². The molecule has 0 aliphatic carbocycles. The van der Waals surface area contributed by atoms with Crippen LogP contribution >= 0.6 is 0 Å². The van der Waals surface area contributed by atoms with Crippen LogP contribution in [0.15, 0.2) is 42.5 Å². The summed E-state index contributed by atoms with van der Waals surface area (Å²) in [6, 6.07) is 9.60. The van der Waals surface area contributed by atoms with E-state index < -0.39 is 17.7 Å². The molecule has 23 heavy (non-hydrogen) atoms. The highest BCUT2D eigenvalue weighted by molar-refractivity contribution is 5.94. The van der Waals surface area contributed by atoms with Gasteiger partial charge < -0.3 is 15.7 Å². The number of aliphatic hydroxyl groups excluding tert-OH is 1. The Kier molecular flexibility index (Phi) is 6.05. The summed E-state index contributed by atoms with van der Waals surface area (Å²) in [5.74, 6) is -1.38. The highest BCUT2D eigenvalue weighted by Gasteiger charge is 2.15. The van der Waals surface area contributed by atoms with E-state index >= 15 is 0 Å². The first-order chi connectivity index (χ1) is 11.1. The standard InChI is InChI=1S/C17H18F2N2O2/c18-13-7-5-8-14(19)16(13)12-6-1-2-9-15(12)21-17(23)20-10-3-4-11-22/h1-2,5-9,22H,3-4,10-11H2,(H2,20,21,23). The number of halogens is 2. The van der Waals surface area contributed by atoms with Crippen LogP contribution in [0, 0.1) is 11.6 Å². The van der Waals surface area contributed by atoms with Crippen LogP contribution in [-0.2, 0) is 0 Å². The van der Waals surface area contributed by atoms with Crippen LogP contribution in [0.25, 0.3) is 11.1 Å². The number of hydrogen-bond donors (Lipinski definition) is 3. The molecule has 122 valence electrons. The Morgan fingerprint density at radius 3 is 2.39 bits per heavy atom. The molecule has 0 heterocycles. The van der Waals surface area contributed by atoms with Crippen molar-refractivity contribution in [1.82, 2.24) is 5.32 Å². The molecule has 0 radical (unpaired) electrons. The third-order valence-corrected chi connectivity index (χ3v) is 3.28. The Morgan fingerprint density at radius 2 is 1.70 bits per heavy atom. The van der Waals surface area contributed by atoms with E-state index in [1.165, 1.54) is 18.2 Å². The molecule has 4 nitrogen and oxygen atoms in total. The summed E-state index contributed by atoms with van der Waals surface area (Å²) in [7, 11) is 0. The second-order valence-electron chi connectivity index (χ2n) is 4.95. The monoisotopic (exact) mass is 320 g/mol. The van der Waals surface area contributed by atoms with Crippen molar-refractivity contribution in [2.75, 3.05) is 18.5 Å². The van der Waals surface area contributed by atoms with Gasteiger partial charge in [-0.2, -0.15) is 0 Å². The van der Waals surface area contributed by atoms with Gasteiger partial charge in [-0.25, -0.2) is 13.6 Å². The first-order valence-electron chi connectivity index (χ1n) is 7.32. The highest BCUT2D eigenvalue weighted by Crippen LogP contribution is 2.31. The Balaban J connectivity index is 2.17. The zero-order chi connectivity index (χ0) is 16.7. The van der Waals surface area contributed by atoms with E-state index in [1.54, 1.807) is 24.3 Å². The molecule has 3 N–H and O–H groups in total. The molecule has 0 unspecified atom stereocenters. The van der Waals surface area contributed by atoms with Gasteiger partial charge in [0.25, 0.3) is 0 Å². The average Bonchev–Trinajstić information content (AvgIpc) is 2.53. The van der Waals surface area contributed by atoms with Crippen LogP contribution in [0.5, 0.6) is 0 Å². The molecule has 0 saturated carbocycles. The van der Waals surface area contributed by atoms with Gasteiger partial charge in [-0.05, 0) is 31.0 Å². The summed E-state index contributed by atoms with van der Waals surface area (Å²) in [5.41, 5.74) is 0.411.